The number of fused-ring (bicyclic) bond motifs is 2. The van der Waals surface area contributed by atoms with Crippen LogP contribution in [0.2, 0.25) is 0 Å². The molecule has 0 aromatic heterocycles. The maximum absolute atomic E-state index is 13.9. The number of hydrogen-bond acceptors (Lipinski definition) is 6. The number of anilines is 1. The van der Waals surface area contributed by atoms with Crippen molar-refractivity contribution in [3.8, 4) is 0 Å². The third-order valence-corrected chi connectivity index (χ3v) is 6.60. The number of ether oxygens (including phenoxy) is 2. The molecule has 0 unspecified atom stereocenters. The fourth-order valence-electron chi connectivity index (χ4n) is 4.98. The molecule has 10 heteroatoms. The van der Waals surface area contributed by atoms with Crippen molar-refractivity contribution in [2.45, 2.75) is 58.4 Å². The average Bonchev–Trinajstić information content (AvgIpc) is 2.98. The highest BCUT2D eigenvalue weighted by Crippen LogP contribution is 2.44. The molecule has 0 radical (unpaired) electrons. The summed E-state index contributed by atoms with van der Waals surface area (Å²) in [4.78, 5) is 25.5. The second kappa shape index (κ2) is 10.8. The van der Waals surface area contributed by atoms with Crippen LogP contribution in [-0.4, -0.2) is 47.1 Å². The summed E-state index contributed by atoms with van der Waals surface area (Å²) in [5, 5.41) is 22.3. The van der Waals surface area contributed by atoms with Crippen LogP contribution in [0.1, 0.15) is 56.9 Å². The van der Waals surface area contributed by atoms with E-state index < -0.39 is 53.4 Å². The third kappa shape index (κ3) is 6.29. The number of hydrogen-bond donors (Lipinski definition) is 2. The zero-order chi connectivity index (χ0) is 29.5. The molecule has 3 atom stereocenters. The second-order valence-electron chi connectivity index (χ2n) is 11.3. The standard InChI is InChI=1S/C30H32F3NO6/c1-18(35)15-29(38,27(36)37)40-25-16-39-26(22-11-7-9-19-8-5-6-10-21(19)22)23-14-20(30(31,32)33)12-13-24(23)34(25)17-28(2,3)4/h5-14,25-26,38H,15-17H2,1-4H3,(H,36,37)/t25-,26+,29+/m1/s1. The molecular weight excluding hydrogens is 527 g/mol. The van der Waals surface area contributed by atoms with Gasteiger partial charge in [0.1, 0.15) is 11.9 Å². The number of benzene rings is 3. The zero-order valence-corrected chi connectivity index (χ0v) is 22.7. The zero-order valence-electron chi connectivity index (χ0n) is 22.7. The molecule has 7 nitrogen and oxygen atoms in total. The van der Waals surface area contributed by atoms with E-state index in [2.05, 4.69) is 0 Å². The molecule has 214 valence electrons. The van der Waals surface area contributed by atoms with Crippen LogP contribution in [0, 0.1) is 5.41 Å². The number of carbonyl (C=O) groups excluding carboxylic acids is 1. The first kappa shape index (κ1) is 29.5. The number of aliphatic hydroxyl groups is 1. The van der Waals surface area contributed by atoms with Gasteiger partial charge < -0.3 is 24.6 Å². The molecule has 3 aromatic carbocycles. The van der Waals surface area contributed by atoms with Crippen LogP contribution in [0.3, 0.4) is 0 Å². The first-order valence-electron chi connectivity index (χ1n) is 12.8. The van der Waals surface area contributed by atoms with Crippen LogP contribution in [0.15, 0.2) is 60.7 Å². The minimum absolute atomic E-state index is 0.206. The van der Waals surface area contributed by atoms with E-state index in [0.29, 0.717) is 11.3 Å². The maximum atomic E-state index is 13.9. The van der Waals surface area contributed by atoms with E-state index in [1.807, 2.05) is 51.1 Å². The minimum Gasteiger partial charge on any atom is -0.477 e. The van der Waals surface area contributed by atoms with Crippen molar-refractivity contribution >= 4 is 28.2 Å². The highest BCUT2D eigenvalue weighted by Gasteiger charge is 2.45. The van der Waals surface area contributed by atoms with Gasteiger partial charge in [-0.3, -0.25) is 4.79 Å². The van der Waals surface area contributed by atoms with E-state index in [1.165, 1.54) is 6.07 Å². The molecule has 0 aliphatic carbocycles. The molecule has 0 saturated carbocycles. The molecule has 2 N–H and O–H groups in total. The Bertz CT molecular complexity index is 1410. The number of nitrogens with zero attached hydrogens (tertiary/aromatic N) is 1. The number of carboxylic acids is 1. The number of halogens is 3. The molecule has 0 spiro atoms. The summed E-state index contributed by atoms with van der Waals surface area (Å²) in [5.74, 6) is -5.26. The predicted octanol–water partition coefficient (Wildman–Crippen LogP) is 5.93. The van der Waals surface area contributed by atoms with Crippen LogP contribution in [0.5, 0.6) is 0 Å². The number of carboxylic acid groups (broad SMARTS) is 1. The Morgan fingerprint density at radius 2 is 1.70 bits per heavy atom. The Morgan fingerprint density at radius 1 is 1.02 bits per heavy atom. The van der Waals surface area contributed by atoms with Crippen molar-refractivity contribution < 1.29 is 42.4 Å². The van der Waals surface area contributed by atoms with Gasteiger partial charge in [0.25, 0.3) is 5.79 Å². The van der Waals surface area contributed by atoms with E-state index in [4.69, 9.17) is 9.47 Å². The second-order valence-corrected chi connectivity index (χ2v) is 11.3. The van der Waals surface area contributed by atoms with Gasteiger partial charge in [0.05, 0.1) is 18.6 Å². The summed E-state index contributed by atoms with van der Waals surface area (Å²) < 4.78 is 53.7. The number of carbonyl (C=O) groups is 2. The van der Waals surface area contributed by atoms with Crippen molar-refractivity contribution in [3.63, 3.8) is 0 Å². The molecule has 0 bridgehead atoms. The lowest BCUT2D eigenvalue weighted by molar-refractivity contribution is -0.246. The molecular formula is C30H32F3NO6. The van der Waals surface area contributed by atoms with Gasteiger partial charge in [0.2, 0.25) is 0 Å². The van der Waals surface area contributed by atoms with Gasteiger partial charge in [0.15, 0.2) is 6.23 Å². The molecule has 1 aliphatic rings. The monoisotopic (exact) mass is 559 g/mol. The third-order valence-electron chi connectivity index (χ3n) is 6.60. The van der Waals surface area contributed by atoms with Gasteiger partial charge >= 0.3 is 12.1 Å². The summed E-state index contributed by atoms with van der Waals surface area (Å²) in [6, 6.07) is 16.2. The Morgan fingerprint density at radius 3 is 2.33 bits per heavy atom. The first-order chi connectivity index (χ1) is 18.6. The first-order valence-corrected chi connectivity index (χ1v) is 12.8. The van der Waals surface area contributed by atoms with Crippen molar-refractivity contribution in [2.75, 3.05) is 18.1 Å². The van der Waals surface area contributed by atoms with E-state index in [-0.39, 0.29) is 18.7 Å². The topological polar surface area (TPSA) is 96.3 Å². The SMILES string of the molecule is CC(=O)C[C@](O)(O[C@@H]1CO[C@@H](c2cccc3ccccc23)c2cc(C(F)(F)F)ccc2N1CC(C)(C)C)C(=O)O. The van der Waals surface area contributed by atoms with Crippen molar-refractivity contribution in [1.82, 2.24) is 0 Å². The highest BCUT2D eigenvalue weighted by molar-refractivity contribution is 5.87. The molecule has 0 amide bonds. The smallest absolute Gasteiger partial charge is 0.416 e. The largest absolute Gasteiger partial charge is 0.477 e. The maximum Gasteiger partial charge on any atom is 0.416 e. The number of ketones is 1. The van der Waals surface area contributed by atoms with E-state index in [1.54, 1.807) is 17.0 Å². The summed E-state index contributed by atoms with van der Waals surface area (Å²) in [5.41, 5.74) is -0.144. The van der Waals surface area contributed by atoms with Crippen LogP contribution >= 0.6 is 0 Å². The number of aliphatic carboxylic acids is 1. The Labute approximate surface area is 230 Å². The quantitative estimate of drug-likeness (QED) is 0.347. The lowest BCUT2D eigenvalue weighted by atomic mass is 9.92. The molecule has 1 aliphatic heterocycles. The highest BCUT2D eigenvalue weighted by atomic mass is 19.4. The van der Waals surface area contributed by atoms with Gasteiger partial charge in [-0.25, -0.2) is 4.79 Å². The number of Topliss-reactive ketones (excluding diaryl/α,β-unsaturated/α-hetero) is 1. The van der Waals surface area contributed by atoms with E-state index in [9.17, 15) is 33.0 Å². The van der Waals surface area contributed by atoms with Gasteiger partial charge in [-0.15, -0.1) is 0 Å². The molecule has 3 aromatic rings. The van der Waals surface area contributed by atoms with Crippen molar-refractivity contribution in [3.05, 3.63) is 77.4 Å². The van der Waals surface area contributed by atoms with Gasteiger partial charge in [-0.05, 0) is 46.9 Å². The summed E-state index contributed by atoms with van der Waals surface area (Å²) in [6.45, 7) is 6.73. The Kier molecular flexibility index (Phi) is 7.99. The van der Waals surface area contributed by atoms with E-state index >= 15 is 0 Å². The number of alkyl halides is 3. The molecule has 4 rings (SSSR count). The van der Waals surface area contributed by atoms with Gasteiger partial charge in [-0.2, -0.15) is 13.2 Å². The normalized spacial score (nSPS) is 19.6. The summed E-state index contributed by atoms with van der Waals surface area (Å²) in [6.07, 6.45) is -7.68. The van der Waals surface area contributed by atoms with Crippen molar-refractivity contribution in [1.29, 1.82) is 0 Å². The fourth-order valence-corrected chi connectivity index (χ4v) is 4.98. The molecule has 0 fully saturated rings. The van der Waals surface area contributed by atoms with Crippen LogP contribution in [0.4, 0.5) is 18.9 Å². The summed E-state index contributed by atoms with van der Waals surface area (Å²) >= 11 is 0. The lowest BCUT2D eigenvalue weighted by Crippen LogP contribution is -2.53. The average molecular weight is 560 g/mol. The van der Waals surface area contributed by atoms with Crippen LogP contribution < -0.4 is 4.90 Å². The Balaban J connectivity index is 1.94. The van der Waals surface area contributed by atoms with Gasteiger partial charge in [0, 0.05) is 17.8 Å². The minimum atomic E-state index is -4.62. The predicted molar refractivity (Wildman–Crippen MR) is 143 cm³/mol. The van der Waals surface area contributed by atoms with E-state index in [0.717, 1.165) is 29.8 Å². The fraction of sp³-hybridized carbons (Fsp3) is 0.400. The molecule has 0 saturated heterocycles. The molecule has 1 heterocycles. The molecule has 40 heavy (non-hydrogen) atoms. The van der Waals surface area contributed by atoms with Crippen molar-refractivity contribution in [2.24, 2.45) is 5.41 Å². The van der Waals surface area contributed by atoms with Gasteiger partial charge in [-0.1, -0.05) is 63.2 Å². The van der Waals surface area contributed by atoms with Crippen LogP contribution in [0.25, 0.3) is 10.8 Å². The lowest BCUT2D eigenvalue weighted by Gasteiger charge is -2.39. The van der Waals surface area contributed by atoms with Crippen LogP contribution in [-0.2, 0) is 25.2 Å². The number of rotatable bonds is 7. The Hall–Kier alpha value is -3.47. The summed E-state index contributed by atoms with van der Waals surface area (Å²) in [7, 11) is 0.